The number of aromatic nitrogens is 1. The number of pyridine rings is 1. The van der Waals surface area contributed by atoms with Crippen molar-refractivity contribution in [1.82, 2.24) is 4.98 Å². The van der Waals surface area contributed by atoms with Crippen molar-refractivity contribution >= 4 is 44.1 Å². The van der Waals surface area contributed by atoms with Crippen LogP contribution in [0.5, 0.6) is 5.75 Å². The van der Waals surface area contributed by atoms with Crippen LogP contribution in [0.1, 0.15) is 31.8 Å². The highest BCUT2D eigenvalue weighted by Gasteiger charge is 2.33. The van der Waals surface area contributed by atoms with Crippen molar-refractivity contribution < 1.29 is 14.7 Å². The molecule has 0 unspecified atom stereocenters. The number of carbonyl (C=O) groups excluding carboxylic acids is 2. The van der Waals surface area contributed by atoms with Gasteiger partial charge in [0, 0.05) is 38.4 Å². The second-order valence-electron chi connectivity index (χ2n) is 8.78. The lowest BCUT2D eigenvalue weighted by molar-refractivity contribution is 0.0979. The smallest absolute Gasteiger partial charge is 0.195 e. The van der Waals surface area contributed by atoms with Crippen LogP contribution in [0.15, 0.2) is 97.1 Å². The zero-order chi connectivity index (χ0) is 23.7. The Morgan fingerprint density at radius 1 is 0.543 bits per heavy atom. The molecule has 0 bridgehead atoms. The monoisotopic (exact) mass is 451 g/mol. The summed E-state index contributed by atoms with van der Waals surface area (Å²) in [7, 11) is 0. The van der Waals surface area contributed by atoms with Crippen molar-refractivity contribution in [1.29, 1.82) is 0 Å². The standard InChI is InChI=1S/C31H17NO3/c33-29-20-11-4-5-12-21(20)30(34)26-22(13-7-14-23(26)29)27-28-24(16-17-8-1-6-15-25(17)32-28)18-9-2-3-10-19(18)31(27)35/h1-16,35H. The molecule has 4 heteroatoms. The van der Waals surface area contributed by atoms with Gasteiger partial charge in [0.15, 0.2) is 11.6 Å². The Labute approximate surface area is 200 Å². The summed E-state index contributed by atoms with van der Waals surface area (Å²) in [5.41, 5.74) is 3.76. The number of phenolic OH excluding ortho intramolecular Hbond substituents is 1. The molecule has 1 aliphatic rings. The molecule has 0 amide bonds. The van der Waals surface area contributed by atoms with E-state index in [1.54, 1.807) is 42.5 Å². The molecule has 0 saturated carbocycles. The van der Waals surface area contributed by atoms with Gasteiger partial charge in [0.25, 0.3) is 0 Å². The molecule has 1 aliphatic carbocycles. The highest BCUT2D eigenvalue weighted by Crippen LogP contribution is 2.46. The van der Waals surface area contributed by atoms with E-state index in [1.165, 1.54) is 0 Å². The fourth-order valence-electron chi connectivity index (χ4n) is 5.29. The molecule has 5 aromatic carbocycles. The third-order valence-electron chi connectivity index (χ3n) is 6.89. The van der Waals surface area contributed by atoms with Gasteiger partial charge in [0.05, 0.1) is 16.6 Å². The fraction of sp³-hybridized carbons (Fsp3) is 0. The highest BCUT2D eigenvalue weighted by molar-refractivity contribution is 6.31. The van der Waals surface area contributed by atoms with Gasteiger partial charge >= 0.3 is 0 Å². The average molecular weight is 451 g/mol. The SMILES string of the molecule is O=C1c2ccccc2C(=O)c2c1cccc2-c1c(O)c2ccccc2c2cc3ccccc3nc12. The van der Waals surface area contributed by atoms with Crippen LogP contribution in [0.25, 0.3) is 43.7 Å². The molecule has 0 atom stereocenters. The number of aromatic hydroxyl groups is 1. The number of para-hydroxylation sites is 1. The number of benzene rings is 5. The molecule has 7 rings (SSSR count). The molecular formula is C31H17NO3. The molecule has 0 radical (unpaired) electrons. The predicted molar refractivity (Wildman–Crippen MR) is 137 cm³/mol. The summed E-state index contributed by atoms with van der Waals surface area (Å²) in [6.07, 6.45) is 0. The molecule has 0 spiro atoms. The van der Waals surface area contributed by atoms with Crippen LogP contribution >= 0.6 is 0 Å². The number of nitrogens with zero attached hydrogens (tertiary/aromatic N) is 1. The maximum absolute atomic E-state index is 13.7. The zero-order valence-corrected chi connectivity index (χ0v) is 18.4. The molecule has 6 aromatic rings. The van der Waals surface area contributed by atoms with Gasteiger partial charge in [0.2, 0.25) is 0 Å². The molecule has 0 fully saturated rings. The minimum absolute atomic E-state index is 0.0448. The Balaban J connectivity index is 1.65. The zero-order valence-electron chi connectivity index (χ0n) is 18.4. The summed E-state index contributed by atoms with van der Waals surface area (Å²) in [6, 6.07) is 29.6. The highest BCUT2D eigenvalue weighted by atomic mass is 16.3. The van der Waals surface area contributed by atoms with Crippen LogP contribution in [0.2, 0.25) is 0 Å². The molecular weight excluding hydrogens is 434 g/mol. The Kier molecular flexibility index (Phi) is 3.97. The van der Waals surface area contributed by atoms with Crippen LogP contribution in [0.3, 0.4) is 0 Å². The van der Waals surface area contributed by atoms with E-state index >= 15 is 0 Å². The van der Waals surface area contributed by atoms with Gasteiger partial charge in [-0.1, -0.05) is 84.9 Å². The summed E-state index contributed by atoms with van der Waals surface area (Å²) < 4.78 is 0. The Morgan fingerprint density at radius 3 is 2.00 bits per heavy atom. The normalized spacial score (nSPS) is 12.8. The quantitative estimate of drug-likeness (QED) is 0.223. The largest absolute Gasteiger partial charge is 0.507 e. The minimum Gasteiger partial charge on any atom is -0.507 e. The molecule has 0 aliphatic heterocycles. The van der Waals surface area contributed by atoms with E-state index in [-0.39, 0.29) is 17.3 Å². The van der Waals surface area contributed by atoms with E-state index in [1.807, 2.05) is 48.5 Å². The Bertz CT molecular complexity index is 1900. The van der Waals surface area contributed by atoms with Crippen LogP contribution in [0, 0.1) is 0 Å². The summed E-state index contributed by atoms with van der Waals surface area (Å²) >= 11 is 0. The fourth-order valence-corrected chi connectivity index (χ4v) is 5.29. The summed E-state index contributed by atoms with van der Waals surface area (Å²) in [6.45, 7) is 0. The van der Waals surface area contributed by atoms with Crippen molar-refractivity contribution in [3.63, 3.8) is 0 Å². The van der Waals surface area contributed by atoms with E-state index < -0.39 is 0 Å². The number of fused-ring (bicyclic) bond motifs is 6. The lowest BCUT2D eigenvalue weighted by Crippen LogP contribution is -2.21. The number of carbonyl (C=O) groups is 2. The van der Waals surface area contributed by atoms with Gasteiger partial charge in [-0.3, -0.25) is 9.59 Å². The van der Waals surface area contributed by atoms with E-state index in [9.17, 15) is 14.7 Å². The summed E-state index contributed by atoms with van der Waals surface area (Å²) in [5, 5.41) is 15.0. The number of rotatable bonds is 1. The Morgan fingerprint density at radius 2 is 1.17 bits per heavy atom. The van der Waals surface area contributed by atoms with Gasteiger partial charge in [-0.15, -0.1) is 0 Å². The van der Waals surface area contributed by atoms with Crippen LogP contribution in [-0.2, 0) is 0 Å². The van der Waals surface area contributed by atoms with Crippen molar-refractivity contribution in [2.45, 2.75) is 0 Å². The van der Waals surface area contributed by atoms with E-state index in [4.69, 9.17) is 4.98 Å². The molecule has 1 N–H and O–H groups in total. The third kappa shape index (κ3) is 2.65. The third-order valence-corrected chi connectivity index (χ3v) is 6.89. The van der Waals surface area contributed by atoms with Crippen molar-refractivity contribution in [3.05, 3.63) is 119 Å². The van der Waals surface area contributed by atoms with Crippen molar-refractivity contribution in [2.75, 3.05) is 0 Å². The first-order chi connectivity index (χ1) is 17.1. The van der Waals surface area contributed by atoms with Crippen molar-refractivity contribution in [3.8, 4) is 16.9 Å². The number of phenols is 1. The predicted octanol–water partition coefficient (Wildman–Crippen LogP) is 6.69. The molecule has 164 valence electrons. The molecule has 35 heavy (non-hydrogen) atoms. The van der Waals surface area contributed by atoms with Crippen LogP contribution in [0.4, 0.5) is 0 Å². The topological polar surface area (TPSA) is 67.3 Å². The van der Waals surface area contributed by atoms with Gasteiger partial charge in [-0.25, -0.2) is 4.98 Å². The molecule has 1 heterocycles. The summed E-state index contributed by atoms with van der Waals surface area (Å²) in [5.74, 6) is -0.379. The van der Waals surface area contributed by atoms with E-state index in [0.29, 0.717) is 44.3 Å². The number of ketones is 2. The molecule has 0 saturated heterocycles. The first-order valence-corrected chi connectivity index (χ1v) is 11.4. The first-order valence-electron chi connectivity index (χ1n) is 11.4. The van der Waals surface area contributed by atoms with Gasteiger partial charge in [-0.2, -0.15) is 0 Å². The summed E-state index contributed by atoms with van der Waals surface area (Å²) in [4.78, 5) is 32.0. The first kappa shape index (κ1) is 19.6. The lowest BCUT2D eigenvalue weighted by atomic mass is 9.79. The second-order valence-corrected chi connectivity index (χ2v) is 8.78. The molecule has 4 nitrogen and oxygen atoms in total. The average Bonchev–Trinajstić information content (AvgIpc) is 2.91. The van der Waals surface area contributed by atoms with E-state index in [2.05, 4.69) is 6.07 Å². The van der Waals surface area contributed by atoms with Crippen molar-refractivity contribution in [2.24, 2.45) is 0 Å². The van der Waals surface area contributed by atoms with Gasteiger partial charge in [-0.05, 0) is 23.1 Å². The second kappa shape index (κ2) is 7.08. The maximum Gasteiger partial charge on any atom is 0.195 e. The maximum atomic E-state index is 13.7. The van der Waals surface area contributed by atoms with Gasteiger partial charge in [0.1, 0.15) is 5.75 Å². The Hall–Kier alpha value is -4.83. The van der Waals surface area contributed by atoms with E-state index in [0.717, 1.165) is 21.7 Å². The molecule has 1 aromatic heterocycles. The number of hydrogen-bond acceptors (Lipinski definition) is 4. The minimum atomic E-state index is -0.229. The lowest BCUT2D eigenvalue weighted by Gasteiger charge is -2.22. The number of hydrogen-bond donors (Lipinski definition) is 1. The van der Waals surface area contributed by atoms with Crippen LogP contribution < -0.4 is 0 Å². The van der Waals surface area contributed by atoms with Gasteiger partial charge < -0.3 is 5.11 Å². The van der Waals surface area contributed by atoms with Crippen LogP contribution in [-0.4, -0.2) is 21.7 Å².